The zero-order valence-corrected chi connectivity index (χ0v) is 14.5. The molecule has 0 saturated heterocycles. The monoisotopic (exact) mass is 336 g/mol. The van der Waals surface area contributed by atoms with Crippen molar-refractivity contribution in [2.24, 2.45) is 5.92 Å². The second-order valence-electron chi connectivity index (χ2n) is 6.86. The number of hydrogen-bond donors (Lipinski definition) is 3. The summed E-state index contributed by atoms with van der Waals surface area (Å²) in [5, 5.41) is 15.0. The number of nitrogens with zero attached hydrogens (tertiary/aromatic N) is 3. The molecule has 6 nitrogen and oxygen atoms in total. The molecule has 0 bridgehead atoms. The summed E-state index contributed by atoms with van der Waals surface area (Å²) in [5.41, 5.74) is 1.94. The first kappa shape index (κ1) is 15.9. The van der Waals surface area contributed by atoms with Gasteiger partial charge in [0.25, 0.3) is 0 Å². The highest BCUT2D eigenvalue weighted by Gasteiger charge is 2.14. The van der Waals surface area contributed by atoms with Crippen LogP contribution in [-0.2, 0) is 0 Å². The predicted octanol–water partition coefficient (Wildman–Crippen LogP) is 4.40. The van der Waals surface area contributed by atoms with E-state index in [0.29, 0.717) is 5.95 Å². The zero-order valence-electron chi connectivity index (χ0n) is 14.5. The number of hydrogen-bond acceptors (Lipinski definition) is 5. The maximum absolute atomic E-state index is 4.70. The van der Waals surface area contributed by atoms with Gasteiger partial charge in [-0.05, 0) is 37.8 Å². The molecule has 1 fully saturated rings. The molecule has 2 heterocycles. The van der Waals surface area contributed by atoms with Gasteiger partial charge < -0.3 is 10.6 Å². The minimum absolute atomic E-state index is 0.680. The average Bonchev–Trinajstić information content (AvgIpc) is 3.06. The van der Waals surface area contributed by atoms with Crippen molar-refractivity contribution >= 4 is 28.5 Å². The van der Waals surface area contributed by atoms with Gasteiger partial charge in [-0.25, -0.2) is 4.98 Å². The largest absolute Gasteiger partial charge is 0.354 e. The van der Waals surface area contributed by atoms with E-state index in [1.807, 2.05) is 37.3 Å². The van der Waals surface area contributed by atoms with Crippen molar-refractivity contribution in [3.05, 3.63) is 36.0 Å². The minimum Gasteiger partial charge on any atom is -0.354 e. The highest BCUT2D eigenvalue weighted by atomic mass is 15.2. The summed E-state index contributed by atoms with van der Waals surface area (Å²) in [4.78, 5) is 9.38. The summed E-state index contributed by atoms with van der Waals surface area (Å²) in [7, 11) is 0. The first-order chi connectivity index (χ1) is 12.3. The maximum Gasteiger partial charge on any atom is 0.225 e. The van der Waals surface area contributed by atoms with Crippen molar-refractivity contribution in [1.29, 1.82) is 0 Å². The van der Waals surface area contributed by atoms with E-state index in [4.69, 9.17) is 4.98 Å². The Morgan fingerprint density at radius 3 is 2.76 bits per heavy atom. The Balaban J connectivity index is 1.58. The molecule has 0 aliphatic heterocycles. The van der Waals surface area contributed by atoms with E-state index in [-0.39, 0.29) is 0 Å². The number of aromatic nitrogens is 4. The molecule has 0 amide bonds. The molecule has 3 N–H and O–H groups in total. The molecule has 2 aromatic heterocycles. The third-order valence-electron chi connectivity index (χ3n) is 4.83. The highest BCUT2D eigenvalue weighted by Crippen LogP contribution is 2.26. The number of fused-ring (bicyclic) bond motifs is 1. The molecule has 0 unspecified atom stereocenters. The lowest BCUT2D eigenvalue weighted by Gasteiger charge is -2.22. The fraction of sp³-hybridized carbons (Fsp3) is 0.421. The molecule has 4 rings (SSSR count). The molecule has 1 saturated carbocycles. The maximum atomic E-state index is 4.70. The molecule has 1 aromatic carbocycles. The van der Waals surface area contributed by atoms with E-state index in [1.54, 1.807) is 0 Å². The third kappa shape index (κ3) is 3.73. The van der Waals surface area contributed by atoms with E-state index in [2.05, 4.69) is 25.8 Å². The van der Waals surface area contributed by atoms with Gasteiger partial charge in [0, 0.05) is 23.7 Å². The predicted molar refractivity (Wildman–Crippen MR) is 101 cm³/mol. The van der Waals surface area contributed by atoms with Crippen LogP contribution in [0.15, 0.2) is 30.3 Å². The first-order valence-electron chi connectivity index (χ1n) is 9.07. The Hall–Kier alpha value is -2.63. The van der Waals surface area contributed by atoms with Crippen LogP contribution in [-0.4, -0.2) is 26.7 Å². The molecule has 130 valence electrons. The lowest BCUT2D eigenvalue weighted by atomic mass is 9.89. The Morgan fingerprint density at radius 2 is 1.96 bits per heavy atom. The number of anilines is 3. The van der Waals surface area contributed by atoms with E-state index in [0.717, 1.165) is 40.7 Å². The van der Waals surface area contributed by atoms with Crippen LogP contribution in [0, 0.1) is 12.8 Å². The summed E-state index contributed by atoms with van der Waals surface area (Å²) in [5.74, 6) is 2.95. The van der Waals surface area contributed by atoms with Crippen molar-refractivity contribution in [1.82, 2.24) is 20.2 Å². The Morgan fingerprint density at radius 1 is 1.12 bits per heavy atom. The zero-order chi connectivity index (χ0) is 17.1. The number of benzene rings is 1. The highest BCUT2D eigenvalue weighted by molar-refractivity contribution is 5.91. The molecule has 0 atom stereocenters. The van der Waals surface area contributed by atoms with E-state index >= 15 is 0 Å². The normalized spacial score (nSPS) is 15.4. The van der Waals surface area contributed by atoms with Crippen LogP contribution in [0.4, 0.5) is 17.6 Å². The number of nitrogens with one attached hydrogen (secondary N) is 3. The van der Waals surface area contributed by atoms with Crippen molar-refractivity contribution < 1.29 is 0 Å². The summed E-state index contributed by atoms with van der Waals surface area (Å²) in [6.45, 7) is 2.92. The van der Waals surface area contributed by atoms with Crippen LogP contribution in [0.3, 0.4) is 0 Å². The van der Waals surface area contributed by atoms with Crippen LogP contribution < -0.4 is 10.6 Å². The molecular weight excluding hydrogens is 312 g/mol. The Labute approximate surface area is 147 Å². The van der Waals surface area contributed by atoms with Crippen LogP contribution in [0.2, 0.25) is 0 Å². The van der Waals surface area contributed by atoms with E-state index < -0.39 is 0 Å². The van der Waals surface area contributed by atoms with Gasteiger partial charge in [0.1, 0.15) is 5.82 Å². The second kappa shape index (κ2) is 7.09. The van der Waals surface area contributed by atoms with Crippen LogP contribution in [0.1, 0.15) is 37.8 Å². The van der Waals surface area contributed by atoms with Crippen LogP contribution in [0.25, 0.3) is 10.9 Å². The number of H-pyrrole nitrogens is 1. The van der Waals surface area contributed by atoms with Gasteiger partial charge in [-0.15, -0.1) is 0 Å². The van der Waals surface area contributed by atoms with Crippen molar-refractivity contribution in [3.8, 4) is 0 Å². The quantitative estimate of drug-likeness (QED) is 0.644. The van der Waals surface area contributed by atoms with Crippen LogP contribution in [0.5, 0.6) is 0 Å². The smallest absolute Gasteiger partial charge is 0.225 e. The van der Waals surface area contributed by atoms with E-state index in [1.165, 1.54) is 32.1 Å². The van der Waals surface area contributed by atoms with Gasteiger partial charge in [0.05, 0.1) is 5.52 Å². The molecule has 0 radical (unpaired) electrons. The average molecular weight is 336 g/mol. The number of rotatable bonds is 5. The SMILES string of the molecule is Cc1cc(Nc2nc(NCC3CCCCC3)nc3ccccc23)n[nH]1. The number of para-hydroxylation sites is 1. The molecule has 1 aliphatic rings. The molecule has 6 heteroatoms. The third-order valence-corrected chi connectivity index (χ3v) is 4.83. The lowest BCUT2D eigenvalue weighted by molar-refractivity contribution is 0.373. The van der Waals surface area contributed by atoms with Gasteiger partial charge >= 0.3 is 0 Å². The minimum atomic E-state index is 0.680. The molecular formula is C19H24N6. The topological polar surface area (TPSA) is 78.5 Å². The second-order valence-corrected chi connectivity index (χ2v) is 6.86. The van der Waals surface area contributed by atoms with Gasteiger partial charge in [-0.1, -0.05) is 31.4 Å². The fourth-order valence-corrected chi connectivity index (χ4v) is 3.48. The van der Waals surface area contributed by atoms with Crippen molar-refractivity contribution in [2.45, 2.75) is 39.0 Å². The number of aromatic amines is 1. The van der Waals surface area contributed by atoms with Crippen molar-refractivity contribution in [3.63, 3.8) is 0 Å². The van der Waals surface area contributed by atoms with E-state index in [9.17, 15) is 0 Å². The fourth-order valence-electron chi connectivity index (χ4n) is 3.48. The molecule has 0 spiro atoms. The Kier molecular flexibility index (Phi) is 4.50. The van der Waals surface area contributed by atoms with Crippen LogP contribution >= 0.6 is 0 Å². The molecule has 1 aliphatic carbocycles. The van der Waals surface area contributed by atoms with Gasteiger partial charge in [0.15, 0.2) is 5.82 Å². The molecule has 25 heavy (non-hydrogen) atoms. The summed E-state index contributed by atoms with van der Waals surface area (Å²) in [6.07, 6.45) is 6.67. The summed E-state index contributed by atoms with van der Waals surface area (Å²) >= 11 is 0. The lowest BCUT2D eigenvalue weighted by Crippen LogP contribution is -2.18. The van der Waals surface area contributed by atoms with Gasteiger partial charge in [-0.2, -0.15) is 10.1 Å². The van der Waals surface area contributed by atoms with Crippen molar-refractivity contribution in [2.75, 3.05) is 17.2 Å². The van der Waals surface area contributed by atoms with Gasteiger partial charge in [-0.3, -0.25) is 5.10 Å². The number of aryl methyl sites for hydroxylation is 1. The van der Waals surface area contributed by atoms with Gasteiger partial charge in [0.2, 0.25) is 5.95 Å². The summed E-state index contributed by atoms with van der Waals surface area (Å²) in [6, 6.07) is 10.0. The standard InChI is InChI=1S/C19H24N6/c1-13-11-17(25-24-13)22-18-15-9-5-6-10-16(15)21-19(23-18)20-12-14-7-3-2-4-8-14/h5-6,9-11,14H,2-4,7-8,12H2,1H3,(H3,20,21,22,23,24,25). The molecule has 3 aromatic rings. The summed E-state index contributed by atoms with van der Waals surface area (Å²) < 4.78 is 0. The first-order valence-corrected chi connectivity index (χ1v) is 9.07. The Bertz CT molecular complexity index is 850.